The van der Waals surface area contributed by atoms with Crippen LogP contribution < -0.4 is 15.4 Å². The van der Waals surface area contributed by atoms with Gasteiger partial charge in [0.25, 0.3) is 0 Å². The maximum Gasteiger partial charge on any atom is 0.243 e. The van der Waals surface area contributed by atoms with Crippen molar-refractivity contribution in [3.63, 3.8) is 0 Å². The number of hydrogen-bond acceptors (Lipinski definition) is 5. The molecule has 2 aromatic rings. The van der Waals surface area contributed by atoms with Gasteiger partial charge in [0.1, 0.15) is 17.3 Å². The molecule has 124 valence electrons. The van der Waals surface area contributed by atoms with E-state index in [2.05, 4.69) is 15.6 Å². The van der Waals surface area contributed by atoms with E-state index in [0.717, 1.165) is 0 Å². The minimum absolute atomic E-state index is 0.0215. The molecule has 0 radical (unpaired) electrons. The number of hydrogen-bond donors (Lipinski definition) is 2. The Balaban J connectivity index is 2.04. The molecule has 1 aromatic heterocycles. The Morgan fingerprint density at radius 1 is 1.35 bits per heavy atom. The van der Waals surface area contributed by atoms with E-state index in [9.17, 15) is 9.59 Å². The standard InChI is InChI=1S/C16H21N3O4/c1-9(2)15(18-10(3)20)16(21)17-8-14-19-12-7-11(22-4)5-6-13(12)23-14/h5-7,9,15H,8H2,1-4H3,(H,17,21)(H,18,20). The second kappa shape index (κ2) is 7.13. The second-order valence-corrected chi connectivity index (χ2v) is 5.58. The number of amides is 2. The van der Waals surface area contributed by atoms with E-state index in [1.807, 2.05) is 13.8 Å². The first-order valence-corrected chi connectivity index (χ1v) is 7.39. The van der Waals surface area contributed by atoms with Crippen LogP contribution >= 0.6 is 0 Å². The molecule has 0 saturated heterocycles. The predicted molar refractivity (Wildman–Crippen MR) is 84.9 cm³/mol. The molecule has 1 unspecified atom stereocenters. The number of carbonyl (C=O) groups excluding carboxylic acids is 2. The summed E-state index contributed by atoms with van der Waals surface area (Å²) >= 11 is 0. The smallest absolute Gasteiger partial charge is 0.243 e. The lowest BCUT2D eigenvalue weighted by molar-refractivity contribution is -0.129. The third-order valence-corrected chi connectivity index (χ3v) is 3.36. The van der Waals surface area contributed by atoms with Gasteiger partial charge in [0, 0.05) is 13.0 Å². The van der Waals surface area contributed by atoms with Crippen molar-refractivity contribution in [2.24, 2.45) is 5.92 Å². The number of nitrogens with zero attached hydrogens (tertiary/aromatic N) is 1. The van der Waals surface area contributed by atoms with Gasteiger partial charge >= 0.3 is 0 Å². The highest BCUT2D eigenvalue weighted by Gasteiger charge is 2.23. The molecule has 1 aromatic carbocycles. The molecular weight excluding hydrogens is 298 g/mol. The number of carbonyl (C=O) groups is 2. The van der Waals surface area contributed by atoms with Crippen LogP contribution in [0.15, 0.2) is 22.6 Å². The van der Waals surface area contributed by atoms with Gasteiger partial charge < -0.3 is 19.8 Å². The van der Waals surface area contributed by atoms with Gasteiger partial charge in [-0.3, -0.25) is 9.59 Å². The van der Waals surface area contributed by atoms with Gasteiger partial charge in [-0.15, -0.1) is 0 Å². The van der Waals surface area contributed by atoms with Gasteiger partial charge in [-0.2, -0.15) is 0 Å². The molecule has 0 saturated carbocycles. The van der Waals surface area contributed by atoms with Crippen LogP contribution in [0, 0.1) is 5.92 Å². The Kier molecular flexibility index (Phi) is 5.20. The van der Waals surface area contributed by atoms with E-state index < -0.39 is 6.04 Å². The fourth-order valence-electron chi connectivity index (χ4n) is 2.18. The van der Waals surface area contributed by atoms with E-state index in [1.54, 1.807) is 25.3 Å². The van der Waals surface area contributed by atoms with Gasteiger partial charge in [0.2, 0.25) is 17.7 Å². The van der Waals surface area contributed by atoms with Crippen molar-refractivity contribution < 1.29 is 18.7 Å². The molecule has 0 aliphatic rings. The molecule has 0 spiro atoms. The van der Waals surface area contributed by atoms with Crippen LogP contribution in [0.2, 0.25) is 0 Å². The topological polar surface area (TPSA) is 93.5 Å². The summed E-state index contributed by atoms with van der Waals surface area (Å²) in [7, 11) is 1.58. The van der Waals surface area contributed by atoms with E-state index in [1.165, 1.54) is 6.92 Å². The first kappa shape index (κ1) is 16.8. The molecule has 0 aliphatic heterocycles. The molecular formula is C16H21N3O4. The third-order valence-electron chi connectivity index (χ3n) is 3.36. The van der Waals surface area contributed by atoms with Crippen LogP contribution in [0.1, 0.15) is 26.7 Å². The average Bonchev–Trinajstić information content (AvgIpc) is 2.91. The number of ether oxygens (including phenoxy) is 1. The Hall–Kier alpha value is -2.57. The number of methoxy groups -OCH3 is 1. The van der Waals surface area contributed by atoms with Gasteiger partial charge in [-0.1, -0.05) is 13.8 Å². The summed E-state index contributed by atoms with van der Waals surface area (Å²) in [6, 6.07) is 4.72. The molecule has 1 heterocycles. The lowest BCUT2D eigenvalue weighted by Crippen LogP contribution is -2.48. The van der Waals surface area contributed by atoms with E-state index in [0.29, 0.717) is 22.7 Å². The summed E-state index contributed by atoms with van der Waals surface area (Å²) in [5.74, 6) is 0.550. The number of fused-ring (bicyclic) bond motifs is 1. The Bertz CT molecular complexity index is 708. The maximum atomic E-state index is 12.2. The van der Waals surface area contributed by atoms with Crippen molar-refractivity contribution in [1.29, 1.82) is 0 Å². The van der Waals surface area contributed by atoms with E-state index >= 15 is 0 Å². The molecule has 1 atom stereocenters. The molecule has 23 heavy (non-hydrogen) atoms. The average molecular weight is 319 g/mol. The summed E-state index contributed by atoms with van der Waals surface area (Å²) in [4.78, 5) is 27.7. The van der Waals surface area contributed by atoms with Crippen molar-refractivity contribution in [2.75, 3.05) is 7.11 Å². The molecule has 2 amide bonds. The highest BCUT2D eigenvalue weighted by atomic mass is 16.5. The molecule has 7 nitrogen and oxygen atoms in total. The quantitative estimate of drug-likeness (QED) is 0.844. The molecule has 7 heteroatoms. The zero-order valence-corrected chi connectivity index (χ0v) is 13.7. The summed E-state index contributed by atoms with van der Waals surface area (Å²) in [5, 5.41) is 5.37. The highest BCUT2D eigenvalue weighted by molar-refractivity contribution is 5.87. The third kappa shape index (κ3) is 4.21. The molecule has 2 rings (SSSR count). The first-order valence-electron chi connectivity index (χ1n) is 7.39. The normalized spacial score (nSPS) is 12.2. The molecule has 0 fully saturated rings. The van der Waals surface area contributed by atoms with Crippen LogP contribution in [-0.4, -0.2) is 29.9 Å². The molecule has 0 aliphatic carbocycles. The van der Waals surface area contributed by atoms with Gasteiger partial charge in [0.05, 0.1) is 13.7 Å². The number of aromatic nitrogens is 1. The number of benzene rings is 1. The van der Waals surface area contributed by atoms with Crippen LogP contribution in [0.5, 0.6) is 5.75 Å². The molecule has 0 bridgehead atoms. The van der Waals surface area contributed by atoms with E-state index in [-0.39, 0.29) is 24.3 Å². The summed E-state index contributed by atoms with van der Waals surface area (Å²) in [5.41, 5.74) is 1.29. The van der Waals surface area contributed by atoms with Crippen molar-refractivity contribution in [1.82, 2.24) is 15.6 Å². The van der Waals surface area contributed by atoms with Crippen molar-refractivity contribution in [3.05, 3.63) is 24.1 Å². The zero-order valence-electron chi connectivity index (χ0n) is 13.7. The Morgan fingerprint density at radius 2 is 2.09 bits per heavy atom. The van der Waals surface area contributed by atoms with Gasteiger partial charge in [-0.25, -0.2) is 4.98 Å². The fraction of sp³-hybridized carbons (Fsp3) is 0.438. The predicted octanol–water partition coefficient (Wildman–Crippen LogP) is 1.61. The minimum Gasteiger partial charge on any atom is -0.497 e. The fourth-order valence-corrected chi connectivity index (χ4v) is 2.18. The lowest BCUT2D eigenvalue weighted by Gasteiger charge is -2.20. The minimum atomic E-state index is -0.586. The SMILES string of the molecule is COc1ccc2oc(CNC(=O)C(NC(C)=O)C(C)C)nc2c1. The summed E-state index contributed by atoms with van der Waals surface area (Å²) in [6.07, 6.45) is 0. The first-order chi connectivity index (χ1) is 10.9. The van der Waals surface area contributed by atoms with Crippen LogP contribution in [-0.2, 0) is 16.1 Å². The Labute approximate surface area is 134 Å². The maximum absolute atomic E-state index is 12.2. The monoisotopic (exact) mass is 319 g/mol. The summed E-state index contributed by atoms with van der Waals surface area (Å²) in [6.45, 7) is 5.27. The second-order valence-electron chi connectivity index (χ2n) is 5.58. The van der Waals surface area contributed by atoms with E-state index in [4.69, 9.17) is 9.15 Å². The van der Waals surface area contributed by atoms with Crippen molar-refractivity contribution >= 4 is 22.9 Å². The van der Waals surface area contributed by atoms with Gasteiger partial charge in [-0.05, 0) is 18.1 Å². The highest BCUT2D eigenvalue weighted by Crippen LogP contribution is 2.21. The Morgan fingerprint density at radius 3 is 2.70 bits per heavy atom. The zero-order chi connectivity index (χ0) is 17.0. The largest absolute Gasteiger partial charge is 0.497 e. The summed E-state index contributed by atoms with van der Waals surface area (Å²) < 4.78 is 10.7. The number of nitrogens with one attached hydrogen (secondary N) is 2. The van der Waals surface area contributed by atoms with Crippen molar-refractivity contribution in [2.45, 2.75) is 33.4 Å². The van der Waals surface area contributed by atoms with Crippen LogP contribution in [0.25, 0.3) is 11.1 Å². The molecule has 2 N–H and O–H groups in total. The van der Waals surface area contributed by atoms with Gasteiger partial charge in [0.15, 0.2) is 5.58 Å². The lowest BCUT2D eigenvalue weighted by atomic mass is 10.0. The van der Waals surface area contributed by atoms with Crippen molar-refractivity contribution in [3.8, 4) is 5.75 Å². The number of oxazole rings is 1. The number of rotatable bonds is 6. The van der Waals surface area contributed by atoms with Crippen LogP contribution in [0.4, 0.5) is 0 Å². The van der Waals surface area contributed by atoms with Crippen LogP contribution in [0.3, 0.4) is 0 Å².